The molecule has 26 heavy (non-hydrogen) atoms. The summed E-state index contributed by atoms with van der Waals surface area (Å²) in [5.74, 6) is 0.351. The SMILES string of the molecule is Cc1ccccc1Cn1c(SCc2ccccc2F)nc2cccnc21. The lowest BCUT2D eigenvalue weighted by molar-refractivity contribution is 0.617. The Morgan fingerprint density at radius 1 is 0.962 bits per heavy atom. The molecule has 0 aliphatic rings. The van der Waals surface area contributed by atoms with Crippen molar-refractivity contribution in [3.8, 4) is 0 Å². The minimum absolute atomic E-state index is 0.181. The summed E-state index contributed by atoms with van der Waals surface area (Å²) in [4.78, 5) is 9.24. The van der Waals surface area contributed by atoms with Gasteiger partial charge in [0.1, 0.15) is 11.3 Å². The average molecular weight is 363 g/mol. The molecule has 5 heteroatoms. The molecule has 0 saturated heterocycles. The first kappa shape index (κ1) is 16.8. The van der Waals surface area contributed by atoms with E-state index in [4.69, 9.17) is 4.98 Å². The monoisotopic (exact) mass is 363 g/mol. The second-order valence-electron chi connectivity index (χ2n) is 6.13. The average Bonchev–Trinajstić information content (AvgIpc) is 3.01. The van der Waals surface area contributed by atoms with E-state index in [1.165, 1.54) is 29.0 Å². The Morgan fingerprint density at radius 2 is 1.73 bits per heavy atom. The van der Waals surface area contributed by atoms with E-state index in [0.29, 0.717) is 17.9 Å². The molecule has 4 rings (SSSR count). The second-order valence-corrected chi connectivity index (χ2v) is 7.08. The van der Waals surface area contributed by atoms with Crippen LogP contribution in [0.3, 0.4) is 0 Å². The largest absolute Gasteiger partial charge is 0.299 e. The van der Waals surface area contributed by atoms with E-state index in [9.17, 15) is 4.39 Å². The maximum atomic E-state index is 13.9. The van der Waals surface area contributed by atoms with E-state index in [-0.39, 0.29) is 5.82 Å². The number of halogens is 1. The predicted octanol–water partition coefficient (Wildman–Crippen LogP) is 5.22. The zero-order chi connectivity index (χ0) is 17.9. The summed E-state index contributed by atoms with van der Waals surface area (Å²) in [6.45, 7) is 2.80. The molecular formula is C21H18FN3S. The molecule has 0 radical (unpaired) electrons. The van der Waals surface area contributed by atoms with Crippen LogP contribution in [0.25, 0.3) is 11.2 Å². The van der Waals surface area contributed by atoms with Gasteiger partial charge in [0.05, 0.1) is 6.54 Å². The minimum atomic E-state index is -0.181. The molecule has 0 spiro atoms. The molecule has 2 heterocycles. The summed E-state index contributed by atoms with van der Waals surface area (Å²) in [5, 5.41) is 0.852. The van der Waals surface area contributed by atoms with Crippen molar-refractivity contribution in [1.82, 2.24) is 14.5 Å². The Morgan fingerprint density at radius 3 is 2.54 bits per heavy atom. The van der Waals surface area contributed by atoms with Crippen LogP contribution in [0.4, 0.5) is 4.39 Å². The summed E-state index contributed by atoms with van der Waals surface area (Å²) in [7, 11) is 0. The molecule has 3 nitrogen and oxygen atoms in total. The van der Waals surface area contributed by atoms with Gasteiger partial charge in [0.25, 0.3) is 0 Å². The molecule has 2 aromatic carbocycles. The number of hydrogen-bond donors (Lipinski definition) is 0. The van der Waals surface area contributed by atoms with Crippen LogP contribution in [-0.4, -0.2) is 14.5 Å². The topological polar surface area (TPSA) is 30.7 Å². The van der Waals surface area contributed by atoms with Crippen LogP contribution in [0.1, 0.15) is 16.7 Å². The van der Waals surface area contributed by atoms with E-state index >= 15 is 0 Å². The van der Waals surface area contributed by atoms with E-state index in [2.05, 4.69) is 28.6 Å². The number of imidazole rings is 1. The molecule has 130 valence electrons. The first-order chi connectivity index (χ1) is 12.7. The van der Waals surface area contributed by atoms with Gasteiger partial charge in [0.2, 0.25) is 0 Å². The number of fused-ring (bicyclic) bond motifs is 1. The highest BCUT2D eigenvalue weighted by Crippen LogP contribution is 2.28. The van der Waals surface area contributed by atoms with Gasteiger partial charge in [-0.25, -0.2) is 14.4 Å². The van der Waals surface area contributed by atoms with Gasteiger partial charge in [-0.05, 0) is 41.8 Å². The van der Waals surface area contributed by atoms with E-state index in [1.807, 2.05) is 36.4 Å². The van der Waals surface area contributed by atoms with E-state index < -0.39 is 0 Å². The number of aryl methyl sites for hydroxylation is 1. The Labute approximate surface area is 155 Å². The molecule has 0 amide bonds. The summed E-state index contributed by atoms with van der Waals surface area (Å²) in [6, 6.07) is 19.0. The molecule has 4 aromatic rings. The normalized spacial score (nSPS) is 11.2. The van der Waals surface area contributed by atoms with Crippen LogP contribution in [0.15, 0.2) is 72.0 Å². The molecule has 0 bridgehead atoms. The number of pyridine rings is 1. The zero-order valence-electron chi connectivity index (χ0n) is 14.4. The summed E-state index contributed by atoms with van der Waals surface area (Å²) < 4.78 is 16.1. The number of rotatable bonds is 5. The zero-order valence-corrected chi connectivity index (χ0v) is 15.2. The highest BCUT2D eigenvalue weighted by molar-refractivity contribution is 7.98. The molecular weight excluding hydrogens is 345 g/mol. The van der Waals surface area contributed by atoms with Gasteiger partial charge in [-0.15, -0.1) is 0 Å². The third-order valence-electron chi connectivity index (χ3n) is 4.37. The Bertz CT molecular complexity index is 1060. The second kappa shape index (κ2) is 7.30. The van der Waals surface area contributed by atoms with Gasteiger partial charge >= 0.3 is 0 Å². The van der Waals surface area contributed by atoms with Crippen LogP contribution in [0.5, 0.6) is 0 Å². The molecule has 0 fully saturated rings. The number of aromatic nitrogens is 3. The van der Waals surface area contributed by atoms with Crippen molar-refractivity contribution in [3.05, 3.63) is 89.4 Å². The first-order valence-electron chi connectivity index (χ1n) is 8.44. The number of hydrogen-bond acceptors (Lipinski definition) is 3. The lowest BCUT2D eigenvalue weighted by Crippen LogP contribution is -2.04. The van der Waals surface area contributed by atoms with Crippen molar-refractivity contribution >= 4 is 22.9 Å². The molecule has 0 unspecified atom stereocenters. The van der Waals surface area contributed by atoms with Crippen molar-refractivity contribution in [2.45, 2.75) is 24.4 Å². The highest BCUT2D eigenvalue weighted by Gasteiger charge is 2.14. The number of thioether (sulfide) groups is 1. The molecule has 0 aliphatic heterocycles. The molecule has 0 atom stereocenters. The maximum Gasteiger partial charge on any atom is 0.170 e. The van der Waals surface area contributed by atoms with Crippen molar-refractivity contribution in [3.63, 3.8) is 0 Å². The standard InChI is InChI=1S/C21H18FN3S/c1-15-7-2-3-8-16(15)13-25-20-19(11-6-12-23-20)24-21(25)26-14-17-9-4-5-10-18(17)22/h2-12H,13-14H2,1H3. The first-order valence-corrected chi connectivity index (χ1v) is 9.43. The lowest BCUT2D eigenvalue weighted by Gasteiger charge is -2.11. The van der Waals surface area contributed by atoms with Crippen molar-refractivity contribution in [2.75, 3.05) is 0 Å². The molecule has 2 aromatic heterocycles. The number of benzene rings is 2. The van der Waals surface area contributed by atoms with Gasteiger partial charge in [-0.1, -0.05) is 54.2 Å². The molecule has 0 N–H and O–H groups in total. The van der Waals surface area contributed by atoms with E-state index in [1.54, 1.807) is 12.3 Å². The summed E-state index contributed by atoms with van der Waals surface area (Å²) in [5.41, 5.74) is 4.85. The molecule has 0 saturated carbocycles. The fourth-order valence-electron chi connectivity index (χ4n) is 2.91. The van der Waals surface area contributed by atoms with Crippen molar-refractivity contribution in [1.29, 1.82) is 0 Å². The van der Waals surface area contributed by atoms with Gasteiger partial charge in [0, 0.05) is 11.9 Å². The third-order valence-corrected chi connectivity index (χ3v) is 5.40. The number of nitrogens with zero attached hydrogens (tertiary/aromatic N) is 3. The predicted molar refractivity (Wildman–Crippen MR) is 104 cm³/mol. The Kier molecular flexibility index (Phi) is 4.71. The fourth-order valence-corrected chi connectivity index (χ4v) is 3.89. The van der Waals surface area contributed by atoms with Crippen molar-refractivity contribution < 1.29 is 4.39 Å². The minimum Gasteiger partial charge on any atom is -0.299 e. The molecule has 0 aliphatic carbocycles. The van der Waals surface area contributed by atoms with Gasteiger partial charge < -0.3 is 0 Å². The van der Waals surface area contributed by atoms with Gasteiger partial charge in [0.15, 0.2) is 10.8 Å². The summed E-state index contributed by atoms with van der Waals surface area (Å²) >= 11 is 1.54. The maximum absolute atomic E-state index is 13.9. The van der Waals surface area contributed by atoms with E-state index in [0.717, 1.165) is 16.3 Å². The van der Waals surface area contributed by atoms with Crippen LogP contribution >= 0.6 is 11.8 Å². The Balaban J connectivity index is 1.70. The Hall–Kier alpha value is -2.66. The third kappa shape index (κ3) is 3.35. The van der Waals surface area contributed by atoms with Crippen LogP contribution in [0.2, 0.25) is 0 Å². The van der Waals surface area contributed by atoms with Crippen molar-refractivity contribution in [2.24, 2.45) is 0 Å². The smallest absolute Gasteiger partial charge is 0.170 e. The quantitative estimate of drug-likeness (QED) is 0.456. The van der Waals surface area contributed by atoms with Gasteiger partial charge in [-0.2, -0.15) is 0 Å². The van der Waals surface area contributed by atoms with Crippen LogP contribution in [-0.2, 0) is 12.3 Å². The fraction of sp³-hybridized carbons (Fsp3) is 0.143. The van der Waals surface area contributed by atoms with Crippen LogP contribution < -0.4 is 0 Å². The van der Waals surface area contributed by atoms with Gasteiger partial charge in [-0.3, -0.25) is 4.57 Å². The summed E-state index contributed by atoms with van der Waals surface area (Å²) in [6.07, 6.45) is 1.78. The highest BCUT2D eigenvalue weighted by atomic mass is 32.2. The van der Waals surface area contributed by atoms with Crippen LogP contribution in [0, 0.1) is 12.7 Å². The lowest BCUT2D eigenvalue weighted by atomic mass is 10.1.